The number of aromatic nitrogens is 1. The Hall–Kier alpha value is -0.430. The van der Waals surface area contributed by atoms with Crippen molar-refractivity contribution >= 4 is 43.0 Å². The Morgan fingerprint density at radius 1 is 1.15 bits per heavy atom. The van der Waals surface area contributed by atoms with Gasteiger partial charge in [-0.05, 0) is 38.1 Å². The molecule has 0 atom stereocenters. The molecule has 1 aromatic heterocycles. The molecular formula is C11H17Cl3F3N3. The van der Waals surface area contributed by atoms with Crippen molar-refractivity contribution in [1.82, 2.24) is 10.3 Å². The van der Waals surface area contributed by atoms with Crippen LogP contribution >= 0.6 is 37.2 Å². The zero-order chi connectivity index (χ0) is 12.3. The Balaban J connectivity index is 0. The highest BCUT2D eigenvalue weighted by Gasteiger charge is 2.30. The lowest BCUT2D eigenvalue weighted by molar-refractivity contribution is -0.137. The topological polar surface area (TPSA) is 37.0 Å². The summed E-state index contributed by atoms with van der Waals surface area (Å²) >= 11 is 0. The first-order valence-electron chi connectivity index (χ1n) is 5.56. The van der Waals surface area contributed by atoms with Crippen molar-refractivity contribution < 1.29 is 13.2 Å². The highest BCUT2D eigenvalue weighted by atomic mass is 35.5. The molecule has 1 aliphatic heterocycles. The molecule has 118 valence electrons. The summed E-state index contributed by atoms with van der Waals surface area (Å²) in [5, 5.41) is 6.24. The van der Waals surface area contributed by atoms with Crippen LogP contribution < -0.4 is 10.6 Å². The summed E-state index contributed by atoms with van der Waals surface area (Å²) < 4.78 is 37.4. The van der Waals surface area contributed by atoms with E-state index in [1.54, 1.807) is 0 Å². The summed E-state index contributed by atoms with van der Waals surface area (Å²) in [6, 6.07) is 2.24. The van der Waals surface area contributed by atoms with Crippen molar-refractivity contribution in [2.24, 2.45) is 0 Å². The van der Waals surface area contributed by atoms with Crippen molar-refractivity contribution in [3.05, 3.63) is 23.9 Å². The van der Waals surface area contributed by atoms with Crippen LogP contribution in [0.2, 0.25) is 0 Å². The van der Waals surface area contributed by atoms with E-state index in [1.165, 1.54) is 6.20 Å². The normalized spacial score (nSPS) is 15.3. The molecule has 0 bridgehead atoms. The van der Waals surface area contributed by atoms with Gasteiger partial charge in [0.25, 0.3) is 0 Å². The molecule has 0 unspecified atom stereocenters. The molecule has 1 aliphatic rings. The summed E-state index contributed by atoms with van der Waals surface area (Å²) in [7, 11) is 0. The number of halogens is 6. The summed E-state index contributed by atoms with van der Waals surface area (Å²) in [5.74, 6) is 0.298. The van der Waals surface area contributed by atoms with Gasteiger partial charge in [0.2, 0.25) is 0 Å². The fraction of sp³-hybridized carbons (Fsp3) is 0.545. The minimum Gasteiger partial charge on any atom is -0.367 e. The molecular weight excluding hydrogens is 337 g/mol. The van der Waals surface area contributed by atoms with E-state index in [0.29, 0.717) is 5.82 Å². The van der Waals surface area contributed by atoms with Crippen LogP contribution in [-0.2, 0) is 6.18 Å². The van der Waals surface area contributed by atoms with Gasteiger partial charge in [0.15, 0.2) is 0 Å². The number of anilines is 1. The molecule has 2 rings (SSSR count). The summed E-state index contributed by atoms with van der Waals surface area (Å²) in [6.07, 6.45) is -1.32. The average molecular weight is 355 g/mol. The lowest BCUT2D eigenvalue weighted by Crippen LogP contribution is -2.35. The lowest BCUT2D eigenvalue weighted by Gasteiger charge is -2.24. The number of rotatable bonds is 2. The van der Waals surface area contributed by atoms with E-state index in [-0.39, 0.29) is 43.3 Å². The molecule has 3 nitrogen and oxygen atoms in total. The van der Waals surface area contributed by atoms with Crippen LogP contribution in [0, 0.1) is 0 Å². The minimum absolute atomic E-state index is 0. The molecule has 1 saturated heterocycles. The molecule has 1 aromatic rings. The van der Waals surface area contributed by atoms with Gasteiger partial charge in [0.1, 0.15) is 5.82 Å². The van der Waals surface area contributed by atoms with Crippen LogP contribution in [0.15, 0.2) is 18.3 Å². The van der Waals surface area contributed by atoms with Crippen LogP contribution in [-0.4, -0.2) is 24.1 Å². The van der Waals surface area contributed by atoms with Crippen LogP contribution in [0.4, 0.5) is 19.0 Å². The molecule has 0 saturated carbocycles. The first kappa shape index (κ1) is 21.9. The van der Waals surface area contributed by atoms with Crippen molar-refractivity contribution in [2.75, 3.05) is 18.4 Å². The van der Waals surface area contributed by atoms with Crippen LogP contribution in [0.25, 0.3) is 0 Å². The van der Waals surface area contributed by atoms with Gasteiger partial charge in [-0.25, -0.2) is 4.98 Å². The van der Waals surface area contributed by atoms with Gasteiger partial charge in [-0.2, -0.15) is 13.2 Å². The number of hydrogen-bond donors (Lipinski definition) is 2. The summed E-state index contributed by atoms with van der Waals surface area (Å²) in [6.45, 7) is 1.77. The molecule has 0 radical (unpaired) electrons. The Kier molecular flexibility index (Phi) is 10.4. The number of piperidine rings is 1. The molecule has 0 aromatic carbocycles. The summed E-state index contributed by atoms with van der Waals surface area (Å²) in [4.78, 5) is 3.92. The quantitative estimate of drug-likeness (QED) is 0.853. The Bertz CT molecular complexity index is 385. The molecule has 20 heavy (non-hydrogen) atoms. The molecule has 9 heteroatoms. The number of alkyl halides is 3. The second-order valence-electron chi connectivity index (χ2n) is 4.10. The predicted octanol–water partition coefficient (Wildman–Crippen LogP) is 3.53. The van der Waals surface area contributed by atoms with Gasteiger partial charge in [-0.3, -0.25) is 0 Å². The Morgan fingerprint density at radius 3 is 2.30 bits per heavy atom. The predicted molar refractivity (Wildman–Crippen MR) is 80.5 cm³/mol. The molecule has 2 N–H and O–H groups in total. The molecule has 1 fully saturated rings. The van der Waals surface area contributed by atoms with Gasteiger partial charge in [0, 0.05) is 12.2 Å². The lowest BCUT2D eigenvalue weighted by atomic mass is 10.1. The minimum atomic E-state index is -4.31. The van der Waals surface area contributed by atoms with Crippen molar-refractivity contribution in [3.63, 3.8) is 0 Å². The van der Waals surface area contributed by atoms with E-state index < -0.39 is 11.7 Å². The Labute approximate surface area is 134 Å². The van der Waals surface area contributed by atoms with Crippen LogP contribution in [0.5, 0.6) is 0 Å². The largest absolute Gasteiger partial charge is 0.416 e. The Morgan fingerprint density at radius 2 is 1.75 bits per heavy atom. The first-order chi connectivity index (χ1) is 8.05. The molecule has 0 spiro atoms. The van der Waals surface area contributed by atoms with Crippen molar-refractivity contribution in [1.29, 1.82) is 0 Å². The van der Waals surface area contributed by atoms with E-state index in [0.717, 1.165) is 38.1 Å². The average Bonchev–Trinajstić information content (AvgIpc) is 2.29. The number of nitrogens with zero attached hydrogens (tertiary/aromatic N) is 1. The maximum absolute atomic E-state index is 12.5. The molecule has 2 heterocycles. The smallest absolute Gasteiger partial charge is 0.367 e. The number of hydrogen-bond acceptors (Lipinski definition) is 3. The first-order valence-corrected chi connectivity index (χ1v) is 5.56. The third-order valence-corrected chi connectivity index (χ3v) is 2.78. The molecule has 0 aliphatic carbocycles. The summed E-state index contributed by atoms with van der Waals surface area (Å²) in [5.41, 5.74) is -0.663. The third kappa shape index (κ3) is 6.35. The van der Waals surface area contributed by atoms with Crippen LogP contribution in [0.1, 0.15) is 18.4 Å². The second kappa shape index (κ2) is 9.50. The van der Waals surface area contributed by atoms with Gasteiger partial charge in [0.05, 0.1) is 5.56 Å². The zero-order valence-electron chi connectivity index (χ0n) is 10.4. The van der Waals surface area contributed by atoms with Gasteiger partial charge < -0.3 is 10.6 Å². The molecule has 0 amide bonds. The number of pyridine rings is 1. The fourth-order valence-electron chi connectivity index (χ4n) is 1.86. The van der Waals surface area contributed by atoms with Gasteiger partial charge >= 0.3 is 6.18 Å². The maximum Gasteiger partial charge on any atom is 0.416 e. The van der Waals surface area contributed by atoms with E-state index in [9.17, 15) is 13.2 Å². The SMILES string of the molecule is Cl.Cl.Cl.FC(F)(F)c1ccnc(NC2CCNCC2)c1. The van der Waals surface area contributed by atoms with Gasteiger partial charge in [-0.15, -0.1) is 37.2 Å². The highest BCUT2D eigenvalue weighted by Crippen LogP contribution is 2.30. The van der Waals surface area contributed by atoms with E-state index >= 15 is 0 Å². The maximum atomic E-state index is 12.5. The van der Waals surface area contributed by atoms with Gasteiger partial charge in [-0.1, -0.05) is 0 Å². The van der Waals surface area contributed by atoms with E-state index in [4.69, 9.17) is 0 Å². The monoisotopic (exact) mass is 353 g/mol. The number of nitrogens with one attached hydrogen (secondary N) is 2. The van der Waals surface area contributed by atoms with Crippen molar-refractivity contribution in [2.45, 2.75) is 25.1 Å². The second-order valence-corrected chi connectivity index (χ2v) is 4.10. The third-order valence-electron chi connectivity index (χ3n) is 2.78. The zero-order valence-corrected chi connectivity index (χ0v) is 12.9. The standard InChI is InChI=1S/C11H14F3N3.3ClH/c12-11(13,14)8-1-6-16-10(7-8)17-9-2-4-15-5-3-9;;;/h1,6-7,9,15H,2-5H2,(H,16,17);3*1H. The van der Waals surface area contributed by atoms with Crippen molar-refractivity contribution in [3.8, 4) is 0 Å². The highest BCUT2D eigenvalue weighted by molar-refractivity contribution is 5.86. The fourth-order valence-corrected chi connectivity index (χ4v) is 1.86. The van der Waals surface area contributed by atoms with E-state index in [1.807, 2.05) is 0 Å². The van der Waals surface area contributed by atoms with E-state index in [2.05, 4.69) is 15.6 Å². The van der Waals surface area contributed by atoms with Crippen LogP contribution in [0.3, 0.4) is 0 Å².